The third kappa shape index (κ3) is 3.40. The molecule has 0 aliphatic heterocycles. The predicted molar refractivity (Wildman–Crippen MR) is 72.7 cm³/mol. The summed E-state index contributed by atoms with van der Waals surface area (Å²) in [4.78, 5) is 12.4. The van der Waals surface area contributed by atoms with Crippen LogP contribution in [-0.4, -0.2) is 15.0 Å². The van der Waals surface area contributed by atoms with Gasteiger partial charge < -0.3 is 5.32 Å². The quantitative estimate of drug-likeness (QED) is 0.860. The van der Waals surface area contributed by atoms with Gasteiger partial charge >= 0.3 is 0 Å². The summed E-state index contributed by atoms with van der Waals surface area (Å²) in [6.07, 6.45) is 3.27. The second-order valence-electron chi connectivity index (χ2n) is 4.32. The number of nitrogens with zero attached hydrogens (tertiary/aromatic N) is 3. The summed E-state index contributed by atoms with van der Waals surface area (Å²) in [6, 6.07) is 5.72. The Labute approximate surface area is 111 Å². The SMILES string of the molecule is CC(C)c1cc(NCc2ccnc(Cl)c2)ncn1. The lowest BCUT2D eigenvalue weighted by molar-refractivity contribution is 0.813. The van der Waals surface area contributed by atoms with Gasteiger partial charge in [0, 0.05) is 24.5 Å². The predicted octanol–water partition coefficient (Wildman–Crippen LogP) is 3.26. The van der Waals surface area contributed by atoms with Crippen LogP contribution in [0.2, 0.25) is 5.15 Å². The molecule has 0 bridgehead atoms. The Morgan fingerprint density at radius 2 is 2.06 bits per heavy atom. The van der Waals surface area contributed by atoms with E-state index in [1.165, 1.54) is 0 Å². The molecule has 18 heavy (non-hydrogen) atoms. The highest BCUT2D eigenvalue weighted by atomic mass is 35.5. The van der Waals surface area contributed by atoms with Gasteiger partial charge in [0.25, 0.3) is 0 Å². The molecule has 0 saturated heterocycles. The molecule has 0 fully saturated rings. The van der Waals surface area contributed by atoms with Gasteiger partial charge in [-0.15, -0.1) is 0 Å². The normalized spacial score (nSPS) is 10.7. The van der Waals surface area contributed by atoms with E-state index in [9.17, 15) is 0 Å². The number of rotatable bonds is 4. The van der Waals surface area contributed by atoms with Crippen molar-refractivity contribution in [3.8, 4) is 0 Å². The Morgan fingerprint density at radius 3 is 2.78 bits per heavy atom. The van der Waals surface area contributed by atoms with Crippen LogP contribution in [0, 0.1) is 0 Å². The van der Waals surface area contributed by atoms with Gasteiger partial charge in [-0.1, -0.05) is 25.4 Å². The molecule has 0 saturated carbocycles. The van der Waals surface area contributed by atoms with Crippen LogP contribution in [0.25, 0.3) is 0 Å². The van der Waals surface area contributed by atoms with E-state index in [-0.39, 0.29) is 0 Å². The van der Waals surface area contributed by atoms with Crippen molar-refractivity contribution in [2.45, 2.75) is 26.3 Å². The molecule has 0 atom stereocenters. The number of nitrogens with one attached hydrogen (secondary N) is 1. The van der Waals surface area contributed by atoms with Crippen molar-refractivity contribution in [1.29, 1.82) is 0 Å². The zero-order valence-corrected chi connectivity index (χ0v) is 11.1. The van der Waals surface area contributed by atoms with Gasteiger partial charge in [0.05, 0.1) is 0 Å². The third-order valence-electron chi connectivity index (χ3n) is 2.54. The first kappa shape index (κ1) is 12.8. The summed E-state index contributed by atoms with van der Waals surface area (Å²) in [5.74, 6) is 1.21. The lowest BCUT2D eigenvalue weighted by atomic mass is 10.1. The highest BCUT2D eigenvalue weighted by molar-refractivity contribution is 6.29. The molecule has 0 amide bonds. The largest absolute Gasteiger partial charge is 0.366 e. The van der Waals surface area contributed by atoms with Crippen LogP contribution in [0.4, 0.5) is 5.82 Å². The van der Waals surface area contributed by atoms with Crippen LogP contribution >= 0.6 is 11.6 Å². The molecule has 2 rings (SSSR count). The van der Waals surface area contributed by atoms with Crippen LogP contribution in [0.3, 0.4) is 0 Å². The minimum Gasteiger partial charge on any atom is -0.366 e. The van der Waals surface area contributed by atoms with E-state index in [1.807, 2.05) is 18.2 Å². The monoisotopic (exact) mass is 262 g/mol. The van der Waals surface area contributed by atoms with Crippen LogP contribution in [0.5, 0.6) is 0 Å². The Morgan fingerprint density at radius 1 is 1.22 bits per heavy atom. The third-order valence-corrected chi connectivity index (χ3v) is 2.75. The minimum atomic E-state index is 0.393. The molecule has 1 N–H and O–H groups in total. The fourth-order valence-electron chi connectivity index (χ4n) is 1.53. The molecule has 2 aromatic heterocycles. The first-order valence-electron chi connectivity index (χ1n) is 5.81. The number of halogens is 1. The Bertz CT molecular complexity index is 528. The summed E-state index contributed by atoms with van der Waals surface area (Å²) >= 11 is 5.83. The van der Waals surface area contributed by atoms with Gasteiger partial charge in [0.2, 0.25) is 0 Å². The highest BCUT2D eigenvalue weighted by Crippen LogP contribution is 2.14. The van der Waals surface area contributed by atoms with Gasteiger partial charge in [0.15, 0.2) is 0 Å². The minimum absolute atomic E-state index is 0.393. The second kappa shape index (κ2) is 5.78. The van der Waals surface area contributed by atoms with Crippen molar-refractivity contribution >= 4 is 17.4 Å². The number of pyridine rings is 1. The molecule has 0 spiro atoms. The van der Waals surface area contributed by atoms with Crippen molar-refractivity contribution in [1.82, 2.24) is 15.0 Å². The zero-order chi connectivity index (χ0) is 13.0. The van der Waals surface area contributed by atoms with E-state index in [4.69, 9.17) is 11.6 Å². The number of hydrogen-bond donors (Lipinski definition) is 1. The topological polar surface area (TPSA) is 50.7 Å². The van der Waals surface area contributed by atoms with E-state index in [1.54, 1.807) is 12.5 Å². The molecule has 0 aliphatic carbocycles. The van der Waals surface area contributed by atoms with Gasteiger partial charge in [-0.25, -0.2) is 15.0 Å². The molecular weight excluding hydrogens is 248 g/mol. The standard InChI is InChI=1S/C13H15ClN4/c1-9(2)11-6-13(18-8-17-11)16-7-10-3-4-15-12(14)5-10/h3-6,8-9H,7H2,1-2H3,(H,16,17,18). The Balaban J connectivity index is 2.04. The molecule has 0 aromatic carbocycles. The molecular formula is C13H15ClN4. The van der Waals surface area contributed by atoms with E-state index in [0.717, 1.165) is 17.1 Å². The number of aromatic nitrogens is 3. The lowest BCUT2D eigenvalue weighted by Crippen LogP contribution is -2.03. The molecule has 94 valence electrons. The van der Waals surface area contributed by atoms with Crippen molar-refractivity contribution in [2.75, 3.05) is 5.32 Å². The molecule has 0 radical (unpaired) electrons. The van der Waals surface area contributed by atoms with Crippen LogP contribution in [0.1, 0.15) is 31.0 Å². The van der Waals surface area contributed by atoms with Crippen LogP contribution in [0.15, 0.2) is 30.7 Å². The van der Waals surface area contributed by atoms with Crippen molar-refractivity contribution < 1.29 is 0 Å². The molecule has 0 aliphatic rings. The highest BCUT2D eigenvalue weighted by Gasteiger charge is 2.03. The summed E-state index contributed by atoms with van der Waals surface area (Å²) in [7, 11) is 0. The van der Waals surface area contributed by atoms with E-state index < -0.39 is 0 Å². The first-order valence-corrected chi connectivity index (χ1v) is 6.19. The average Bonchev–Trinajstić information content (AvgIpc) is 2.37. The van der Waals surface area contributed by atoms with Gasteiger partial charge in [0.1, 0.15) is 17.3 Å². The molecule has 2 aromatic rings. The maximum atomic E-state index is 5.83. The van der Waals surface area contributed by atoms with Crippen molar-refractivity contribution in [2.24, 2.45) is 0 Å². The van der Waals surface area contributed by atoms with Gasteiger partial charge in [-0.2, -0.15) is 0 Å². The first-order chi connectivity index (χ1) is 8.65. The summed E-state index contributed by atoms with van der Waals surface area (Å²) in [6.45, 7) is 4.88. The van der Waals surface area contributed by atoms with Gasteiger partial charge in [-0.3, -0.25) is 0 Å². The van der Waals surface area contributed by atoms with Crippen LogP contribution < -0.4 is 5.32 Å². The smallest absolute Gasteiger partial charge is 0.129 e. The lowest BCUT2D eigenvalue weighted by Gasteiger charge is -2.08. The summed E-state index contributed by atoms with van der Waals surface area (Å²) < 4.78 is 0. The summed E-state index contributed by atoms with van der Waals surface area (Å²) in [5, 5.41) is 3.75. The molecule has 0 unspecified atom stereocenters. The Hall–Kier alpha value is -1.68. The van der Waals surface area contributed by atoms with E-state index in [2.05, 4.69) is 34.1 Å². The average molecular weight is 263 g/mol. The van der Waals surface area contributed by atoms with Crippen molar-refractivity contribution in [3.05, 3.63) is 47.1 Å². The second-order valence-corrected chi connectivity index (χ2v) is 4.71. The molecule has 5 heteroatoms. The Kier molecular flexibility index (Phi) is 4.10. The molecule has 2 heterocycles. The maximum Gasteiger partial charge on any atom is 0.129 e. The van der Waals surface area contributed by atoms with Crippen LogP contribution in [-0.2, 0) is 6.54 Å². The fourth-order valence-corrected chi connectivity index (χ4v) is 1.73. The zero-order valence-electron chi connectivity index (χ0n) is 10.4. The van der Waals surface area contributed by atoms with Gasteiger partial charge in [-0.05, 0) is 23.6 Å². The maximum absolute atomic E-state index is 5.83. The summed E-state index contributed by atoms with van der Waals surface area (Å²) in [5.41, 5.74) is 2.10. The number of anilines is 1. The van der Waals surface area contributed by atoms with Crippen molar-refractivity contribution in [3.63, 3.8) is 0 Å². The fraction of sp³-hybridized carbons (Fsp3) is 0.308. The number of hydrogen-bond acceptors (Lipinski definition) is 4. The molecule has 4 nitrogen and oxygen atoms in total. The van der Waals surface area contributed by atoms with E-state index in [0.29, 0.717) is 17.6 Å². The van der Waals surface area contributed by atoms with E-state index >= 15 is 0 Å².